The van der Waals surface area contributed by atoms with E-state index in [1.165, 1.54) is 5.56 Å². The number of fused-ring (bicyclic) bond motifs is 1. The molecular weight excluding hydrogens is 338 g/mol. The van der Waals surface area contributed by atoms with Crippen LogP contribution in [-0.2, 0) is 12.8 Å². The second-order valence-electron chi connectivity index (χ2n) is 6.67. The summed E-state index contributed by atoms with van der Waals surface area (Å²) in [5.74, 6) is 1.19. The molecule has 27 heavy (non-hydrogen) atoms. The monoisotopic (exact) mass is 359 g/mol. The van der Waals surface area contributed by atoms with Crippen LogP contribution in [0.15, 0.2) is 53.6 Å². The summed E-state index contributed by atoms with van der Waals surface area (Å²) in [7, 11) is 0. The Balaban J connectivity index is 1.53. The summed E-state index contributed by atoms with van der Waals surface area (Å²) in [5, 5.41) is 7.19. The average Bonchev–Trinajstić information content (AvgIpc) is 3.35. The average molecular weight is 359 g/mol. The molecule has 0 fully saturated rings. The van der Waals surface area contributed by atoms with Crippen molar-refractivity contribution in [2.24, 2.45) is 0 Å². The van der Waals surface area contributed by atoms with Gasteiger partial charge in [-0.1, -0.05) is 49.0 Å². The van der Waals surface area contributed by atoms with Crippen molar-refractivity contribution in [2.75, 3.05) is 0 Å². The molecule has 1 amide bonds. The van der Waals surface area contributed by atoms with Crippen molar-refractivity contribution in [1.82, 2.24) is 15.5 Å². The van der Waals surface area contributed by atoms with Gasteiger partial charge in [0.25, 0.3) is 5.91 Å². The Hall–Kier alpha value is -3.21. The highest BCUT2D eigenvalue weighted by molar-refractivity contribution is 5.95. The molecule has 0 saturated heterocycles. The van der Waals surface area contributed by atoms with E-state index in [0.29, 0.717) is 17.3 Å². The van der Waals surface area contributed by atoms with Gasteiger partial charge in [0.2, 0.25) is 11.7 Å². The van der Waals surface area contributed by atoms with E-state index in [1.807, 2.05) is 37.3 Å². The molecular formula is C22H21N3O2. The van der Waals surface area contributed by atoms with Crippen LogP contribution in [0, 0.1) is 0 Å². The van der Waals surface area contributed by atoms with E-state index in [9.17, 15) is 4.79 Å². The Morgan fingerprint density at radius 3 is 3.00 bits per heavy atom. The fourth-order valence-electron chi connectivity index (χ4n) is 3.47. The Kier molecular flexibility index (Phi) is 4.59. The van der Waals surface area contributed by atoms with Gasteiger partial charge in [0.1, 0.15) is 0 Å². The molecule has 1 unspecified atom stereocenters. The molecule has 1 N–H and O–H groups in total. The molecule has 0 bridgehead atoms. The first kappa shape index (κ1) is 17.2. The number of rotatable bonds is 5. The van der Waals surface area contributed by atoms with Crippen molar-refractivity contribution in [3.63, 3.8) is 0 Å². The van der Waals surface area contributed by atoms with E-state index in [1.54, 1.807) is 6.08 Å². The van der Waals surface area contributed by atoms with E-state index in [4.69, 9.17) is 4.52 Å². The Bertz CT molecular complexity index is 1010. The third kappa shape index (κ3) is 3.40. The molecule has 1 aliphatic carbocycles. The zero-order chi connectivity index (χ0) is 18.8. The fraction of sp³-hybridized carbons (Fsp3) is 0.227. The Morgan fingerprint density at radius 1 is 1.33 bits per heavy atom. The van der Waals surface area contributed by atoms with E-state index in [-0.39, 0.29) is 11.9 Å². The predicted octanol–water partition coefficient (Wildman–Crippen LogP) is 4.36. The third-order valence-electron chi connectivity index (χ3n) is 4.94. The van der Waals surface area contributed by atoms with Crippen LogP contribution in [-0.4, -0.2) is 16.0 Å². The van der Waals surface area contributed by atoms with Crippen molar-refractivity contribution >= 4 is 12.0 Å². The van der Waals surface area contributed by atoms with Gasteiger partial charge in [-0.25, -0.2) is 0 Å². The predicted molar refractivity (Wildman–Crippen MR) is 104 cm³/mol. The molecule has 1 aromatic heterocycles. The Labute approximate surface area is 158 Å². The van der Waals surface area contributed by atoms with Crippen molar-refractivity contribution < 1.29 is 9.32 Å². The molecule has 3 aromatic rings. The number of nitrogens with one attached hydrogen (secondary N) is 1. The molecule has 0 saturated carbocycles. The summed E-state index contributed by atoms with van der Waals surface area (Å²) >= 11 is 0. The molecule has 0 aliphatic heterocycles. The molecule has 0 radical (unpaired) electrons. The maximum absolute atomic E-state index is 12.6. The second kappa shape index (κ2) is 7.19. The van der Waals surface area contributed by atoms with Crippen LogP contribution < -0.4 is 5.32 Å². The van der Waals surface area contributed by atoms with Gasteiger partial charge in [0.15, 0.2) is 0 Å². The van der Waals surface area contributed by atoms with Crippen LogP contribution in [0.3, 0.4) is 0 Å². The maximum atomic E-state index is 12.6. The number of hydrogen-bond acceptors (Lipinski definition) is 4. The van der Waals surface area contributed by atoms with Crippen molar-refractivity contribution in [3.8, 4) is 11.4 Å². The van der Waals surface area contributed by atoms with Gasteiger partial charge in [-0.2, -0.15) is 4.98 Å². The summed E-state index contributed by atoms with van der Waals surface area (Å²) in [4.78, 5) is 17.0. The number of carbonyl (C=O) groups excluding carboxylic acids is 1. The van der Waals surface area contributed by atoms with E-state index in [0.717, 1.165) is 36.0 Å². The summed E-state index contributed by atoms with van der Waals surface area (Å²) in [5.41, 5.74) is 4.91. The quantitative estimate of drug-likeness (QED) is 0.735. The van der Waals surface area contributed by atoms with Crippen LogP contribution in [0.25, 0.3) is 17.5 Å². The highest BCUT2D eigenvalue weighted by Gasteiger charge is 2.25. The first-order valence-electron chi connectivity index (χ1n) is 9.17. The molecule has 4 rings (SSSR count). The van der Waals surface area contributed by atoms with Gasteiger partial charge in [-0.15, -0.1) is 0 Å². The van der Waals surface area contributed by atoms with Crippen LogP contribution in [0.2, 0.25) is 0 Å². The zero-order valence-electron chi connectivity index (χ0n) is 15.2. The maximum Gasteiger partial charge on any atom is 0.251 e. The highest BCUT2D eigenvalue weighted by atomic mass is 16.5. The van der Waals surface area contributed by atoms with Gasteiger partial charge >= 0.3 is 0 Å². The first-order chi connectivity index (χ1) is 13.2. The zero-order valence-corrected chi connectivity index (χ0v) is 15.2. The summed E-state index contributed by atoms with van der Waals surface area (Å²) in [6.45, 7) is 5.74. The molecule has 5 heteroatoms. The largest absolute Gasteiger partial charge is 0.345 e. The lowest BCUT2D eigenvalue weighted by Crippen LogP contribution is -2.27. The smallest absolute Gasteiger partial charge is 0.251 e. The van der Waals surface area contributed by atoms with Gasteiger partial charge in [0.05, 0.1) is 6.04 Å². The number of hydrogen-bond donors (Lipinski definition) is 1. The number of amides is 1. The molecule has 1 heterocycles. The minimum atomic E-state index is -0.0635. The molecule has 136 valence electrons. The van der Waals surface area contributed by atoms with Gasteiger partial charge < -0.3 is 9.84 Å². The van der Waals surface area contributed by atoms with E-state index in [2.05, 4.69) is 34.2 Å². The minimum absolute atomic E-state index is 0.0189. The number of carbonyl (C=O) groups is 1. The Morgan fingerprint density at radius 2 is 2.22 bits per heavy atom. The third-order valence-corrected chi connectivity index (χ3v) is 4.94. The lowest BCUT2D eigenvalue weighted by atomic mass is 10.0. The normalized spacial score (nSPS) is 15.4. The second-order valence-corrected chi connectivity index (χ2v) is 6.67. The van der Waals surface area contributed by atoms with Crippen LogP contribution >= 0.6 is 0 Å². The number of benzene rings is 2. The fourth-order valence-corrected chi connectivity index (χ4v) is 3.47. The number of aromatic nitrogens is 2. The summed E-state index contributed by atoms with van der Waals surface area (Å²) in [6, 6.07) is 13.6. The summed E-state index contributed by atoms with van der Waals surface area (Å²) in [6.07, 6.45) is 4.27. The molecule has 1 atom stereocenters. The molecule has 0 spiro atoms. The molecule has 5 nitrogen and oxygen atoms in total. The van der Waals surface area contributed by atoms with E-state index < -0.39 is 0 Å². The van der Waals surface area contributed by atoms with Crippen LogP contribution in [0.4, 0.5) is 0 Å². The topological polar surface area (TPSA) is 68.0 Å². The minimum Gasteiger partial charge on any atom is -0.345 e. The lowest BCUT2D eigenvalue weighted by Gasteiger charge is -2.14. The highest BCUT2D eigenvalue weighted by Crippen LogP contribution is 2.34. The van der Waals surface area contributed by atoms with Gasteiger partial charge in [0, 0.05) is 17.5 Å². The number of aryl methyl sites for hydroxylation is 2. The van der Waals surface area contributed by atoms with Crippen molar-refractivity contribution in [3.05, 3.63) is 77.2 Å². The van der Waals surface area contributed by atoms with Gasteiger partial charge in [-0.05, 0) is 47.7 Å². The molecule has 2 aromatic carbocycles. The summed E-state index contributed by atoms with van der Waals surface area (Å²) < 4.78 is 5.20. The SMILES string of the molecule is C=Cc1cccc(C(=O)NC2CCc3cc(-c4noc(CC)n4)ccc32)c1. The molecule has 1 aliphatic rings. The van der Waals surface area contributed by atoms with Gasteiger partial charge in [-0.3, -0.25) is 4.79 Å². The number of nitrogens with zero attached hydrogens (tertiary/aromatic N) is 2. The van der Waals surface area contributed by atoms with Crippen LogP contribution in [0.5, 0.6) is 0 Å². The van der Waals surface area contributed by atoms with Crippen molar-refractivity contribution in [1.29, 1.82) is 0 Å². The first-order valence-corrected chi connectivity index (χ1v) is 9.17. The van der Waals surface area contributed by atoms with Crippen LogP contribution in [0.1, 0.15) is 52.3 Å². The van der Waals surface area contributed by atoms with E-state index >= 15 is 0 Å². The standard InChI is InChI=1S/C22H21N3O2/c1-3-14-6-5-7-17(12-14)22(26)23-19-11-9-15-13-16(8-10-18(15)19)21-24-20(4-2)27-25-21/h3,5-8,10,12-13,19H,1,4,9,11H2,2H3,(H,23,26). The van der Waals surface area contributed by atoms with Crippen molar-refractivity contribution in [2.45, 2.75) is 32.2 Å². The lowest BCUT2D eigenvalue weighted by molar-refractivity contribution is 0.0936.